The standard InChI is InChI=1S/C32H43N3O3.C6H14O.C4H10.C2H6/c1-11-24-13-15-28(33-19-24)26-17-25(14-12-20(26)2)35-30(38)34-22(4)27(16-21(3)31(6,7)8)29(37)18-32(9,10)23(5)36;1-3-5-7-6-4-2;1-3-4-2;1-2/h12-17,19H,11,18H2,1-10H3,(H2,34,35,38);3-6H2,1-2H3;3-4H2,1-2H3;1-2H3/b21-16+,27-22-;;;. The van der Waals surface area contributed by atoms with E-state index in [0.717, 1.165) is 60.4 Å². The van der Waals surface area contributed by atoms with Gasteiger partial charge in [0.1, 0.15) is 5.78 Å². The minimum absolute atomic E-state index is 0.0529. The number of benzene rings is 1. The van der Waals surface area contributed by atoms with Crippen molar-refractivity contribution in [3.63, 3.8) is 0 Å². The highest BCUT2D eigenvalue weighted by Gasteiger charge is 2.29. The van der Waals surface area contributed by atoms with Gasteiger partial charge >= 0.3 is 6.03 Å². The minimum Gasteiger partial charge on any atom is -0.381 e. The Kier molecular flexibility index (Phi) is 25.5. The van der Waals surface area contributed by atoms with Gasteiger partial charge in [0.25, 0.3) is 0 Å². The van der Waals surface area contributed by atoms with Gasteiger partial charge in [-0.1, -0.05) is 120 Å². The molecule has 0 aliphatic carbocycles. The second-order valence-electron chi connectivity index (χ2n) is 14.3. The highest BCUT2D eigenvalue weighted by molar-refractivity contribution is 6.02. The summed E-state index contributed by atoms with van der Waals surface area (Å²) in [5.74, 6) is -0.245. The van der Waals surface area contributed by atoms with Crippen LogP contribution in [0.1, 0.15) is 147 Å². The number of carbonyl (C=O) groups is 3. The summed E-state index contributed by atoms with van der Waals surface area (Å²) in [6.07, 6.45) is 9.58. The lowest BCUT2D eigenvalue weighted by Gasteiger charge is -2.23. The predicted octanol–water partition coefficient (Wildman–Crippen LogP) is 12.2. The Labute approximate surface area is 312 Å². The van der Waals surface area contributed by atoms with Crippen LogP contribution in [-0.2, 0) is 20.7 Å². The van der Waals surface area contributed by atoms with Crippen LogP contribution in [0.4, 0.5) is 10.5 Å². The number of rotatable bonds is 14. The largest absolute Gasteiger partial charge is 0.381 e. The molecule has 0 bridgehead atoms. The summed E-state index contributed by atoms with van der Waals surface area (Å²) in [4.78, 5) is 43.0. The van der Waals surface area contributed by atoms with Crippen molar-refractivity contribution in [2.75, 3.05) is 18.5 Å². The lowest BCUT2D eigenvalue weighted by molar-refractivity contribution is -0.129. The van der Waals surface area contributed by atoms with Crippen molar-refractivity contribution in [3.8, 4) is 11.3 Å². The number of nitrogens with zero attached hydrogens (tertiary/aromatic N) is 1. The molecule has 1 aromatic carbocycles. The van der Waals surface area contributed by atoms with Gasteiger partial charge in [0.2, 0.25) is 0 Å². The van der Waals surface area contributed by atoms with Crippen molar-refractivity contribution < 1.29 is 19.1 Å². The van der Waals surface area contributed by atoms with Gasteiger partial charge in [-0.05, 0) is 81.7 Å². The zero-order valence-electron chi connectivity index (χ0n) is 35.3. The number of urea groups is 1. The molecule has 2 N–H and O–H groups in total. The smallest absolute Gasteiger partial charge is 0.323 e. The van der Waals surface area contributed by atoms with Gasteiger partial charge in [-0.3, -0.25) is 14.6 Å². The number of carbonyl (C=O) groups excluding carboxylic acids is 3. The second kappa shape index (κ2) is 26.2. The SMILES string of the molecule is CC.CCCC.CCCOCCC.CCc1ccc(-c2cc(NC(=O)N/C(C)=C(/C=C(\C)C(C)(C)C)C(=O)CC(C)(C)C(C)=O)ccc2C)nc1. The maximum atomic E-state index is 13.4. The van der Waals surface area contributed by atoms with Crippen LogP contribution in [0.3, 0.4) is 0 Å². The zero-order chi connectivity index (χ0) is 39.8. The molecule has 2 aromatic rings. The van der Waals surface area contributed by atoms with Crippen LogP contribution in [0.25, 0.3) is 11.3 Å². The van der Waals surface area contributed by atoms with Crippen LogP contribution >= 0.6 is 0 Å². The Morgan fingerprint density at radius 1 is 0.824 bits per heavy atom. The number of allylic oxidation sites excluding steroid dienone is 4. The number of nitrogens with one attached hydrogen (secondary N) is 2. The van der Waals surface area contributed by atoms with Crippen molar-refractivity contribution in [3.05, 3.63) is 70.6 Å². The molecule has 0 saturated carbocycles. The Bertz CT molecular complexity index is 1370. The molecule has 7 nitrogen and oxygen atoms in total. The number of unbranched alkanes of at least 4 members (excludes halogenated alkanes) is 1. The third-order valence-electron chi connectivity index (χ3n) is 8.31. The number of hydrogen-bond acceptors (Lipinski definition) is 5. The molecular formula is C44H73N3O4. The summed E-state index contributed by atoms with van der Waals surface area (Å²) >= 11 is 0. The van der Waals surface area contributed by atoms with Crippen LogP contribution < -0.4 is 10.6 Å². The number of aromatic nitrogens is 1. The van der Waals surface area contributed by atoms with Gasteiger partial charge in [-0.15, -0.1) is 0 Å². The summed E-state index contributed by atoms with van der Waals surface area (Å²) < 4.78 is 5.13. The van der Waals surface area contributed by atoms with E-state index < -0.39 is 11.4 Å². The fourth-order valence-electron chi connectivity index (χ4n) is 4.01. The molecule has 0 radical (unpaired) electrons. The monoisotopic (exact) mass is 708 g/mol. The maximum absolute atomic E-state index is 13.4. The first-order valence-electron chi connectivity index (χ1n) is 19.0. The molecule has 0 atom stereocenters. The van der Waals surface area contributed by atoms with Crippen LogP contribution in [-0.4, -0.2) is 35.8 Å². The topological polar surface area (TPSA) is 97.4 Å². The van der Waals surface area contributed by atoms with Crippen molar-refractivity contribution in [1.29, 1.82) is 0 Å². The van der Waals surface area contributed by atoms with Crippen molar-refractivity contribution >= 4 is 23.3 Å². The number of aryl methyl sites for hydroxylation is 2. The Morgan fingerprint density at radius 3 is 1.82 bits per heavy atom. The number of ketones is 2. The first-order valence-corrected chi connectivity index (χ1v) is 19.0. The fourth-order valence-corrected chi connectivity index (χ4v) is 4.01. The third-order valence-corrected chi connectivity index (χ3v) is 8.31. The van der Waals surface area contributed by atoms with Crippen molar-refractivity contribution in [1.82, 2.24) is 10.3 Å². The Morgan fingerprint density at radius 2 is 1.39 bits per heavy atom. The zero-order valence-corrected chi connectivity index (χ0v) is 35.3. The van der Waals surface area contributed by atoms with Crippen LogP contribution in [0.5, 0.6) is 0 Å². The number of Topliss-reactive ketones (excluding diaryl/α,β-unsaturated/α-hetero) is 2. The third kappa shape index (κ3) is 20.2. The van der Waals surface area contributed by atoms with Crippen LogP contribution in [0, 0.1) is 17.8 Å². The number of pyridine rings is 1. The van der Waals surface area contributed by atoms with E-state index in [1.54, 1.807) is 20.8 Å². The molecule has 2 rings (SSSR count). The molecule has 0 aliphatic heterocycles. The molecule has 7 heteroatoms. The predicted molar refractivity (Wildman–Crippen MR) is 219 cm³/mol. The first-order chi connectivity index (χ1) is 23.9. The summed E-state index contributed by atoms with van der Waals surface area (Å²) in [6, 6.07) is 9.27. The van der Waals surface area contributed by atoms with Crippen LogP contribution in [0.2, 0.25) is 0 Å². The van der Waals surface area contributed by atoms with Gasteiger partial charge in [0, 0.05) is 53.8 Å². The molecule has 0 aliphatic rings. The summed E-state index contributed by atoms with van der Waals surface area (Å²) in [5.41, 5.74) is 5.46. The van der Waals surface area contributed by atoms with Gasteiger partial charge in [0.05, 0.1) is 5.69 Å². The summed E-state index contributed by atoms with van der Waals surface area (Å²) in [7, 11) is 0. The molecule has 288 valence electrons. The summed E-state index contributed by atoms with van der Waals surface area (Å²) in [5, 5.41) is 5.71. The van der Waals surface area contributed by atoms with E-state index in [9.17, 15) is 14.4 Å². The van der Waals surface area contributed by atoms with E-state index in [0.29, 0.717) is 17.0 Å². The Hall–Kier alpha value is -3.58. The molecule has 51 heavy (non-hydrogen) atoms. The molecule has 2 amide bonds. The summed E-state index contributed by atoms with van der Waals surface area (Å²) in [6.45, 7) is 33.4. The van der Waals surface area contributed by atoms with Gasteiger partial charge < -0.3 is 15.4 Å². The fraction of sp³-hybridized carbons (Fsp3) is 0.591. The molecule has 0 unspecified atom stereocenters. The van der Waals surface area contributed by atoms with Gasteiger partial charge in [-0.2, -0.15) is 0 Å². The number of anilines is 1. The van der Waals surface area contributed by atoms with Crippen molar-refractivity contribution in [2.45, 2.75) is 149 Å². The highest BCUT2D eigenvalue weighted by atomic mass is 16.5. The molecule has 1 heterocycles. The first kappa shape index (κ1) is 49.5. The quantitative estimate of drug-likeness (QED) is 0.116. The molecule has 0 saturated heterocycles. The minimum atomic E-state index is -0.796. The molecule has 1 aromatic heterocycles. The van der Waals surface area contributed by atoms with E-state index >= 15 is 0 Å². The lowest BCUT2D eigenvalue weighted by Crippen LogP contribution is -2.30. The van der Waals surface area contributed by atoms with E-state index in [2.05, 4.69) is 77.1 Å². The van der Waals surface area contributed by atoms with E-state index in [1.165, 1.54) is 19.8 Å². The molecule has 0 fully saturated rings. The van der Waals surface area contributed by atoms with E-state index in [-0.39, 0.29) is 23.4 Å². The van der Waals surface area contributed by atoms with Crippen LogP contribution in [0.15, 0.2) is 59.4 Å². The number of amides is 2. The molecular weight excluding hydrogens is 635 g/mol. The van der Waals surface area contributed by atoms with Gasteiger partial charge in [0.15, 0.2) is 5.78 Å². The van der Waals surface area contributed by atoms with Gasteiger partial charge in [-0.25, -0.2) is 4.79 Å². The average Bonchev–Trinajstić information content (AvgIpc) is 3.08. The average molecular weight is 708 g/mol. The number of ether oxygens (including phenoxy) is 1. The lowest BCUT2D eigenvalue weighted by atomic mass is 9.80. The highest BCUT2D eigenvalue weighted by Crippen LogP contribution is 2.30. The van der Waals surface area contributed by atoms with E-state index in [1.807, 2.05) is 64.2 Å². The Balaban J connectivity index is 0. The van der Waals surface area contributed by atoms with Crippen molar-refractivity contribution in [2.24, 2.45) is 10.8 Å². The maximum Gasteiger partial charge on any atom is 0.323 e. The number of hydrogen-bond donors (Lipinski definition) is 2. The van der Waals surface area contributed by atoms with E-state index in [4.69, 9.17) is 4.74 Å². The molecule has 0 spiro atoms. The second-order valence-corrected chi connectivity index (χ2v) is 14.3. The normalized spacial score (nSPS) is 11.7.